The van der Waals surface area contributed by atoms with Gasteiger partial charge in [0.05, 0.1) is 23.8 Å². The number of nitrogens with two attached hydrogens (primary N) is 1. The van der Waals surface area contributed by atoms with E-state index < -0.39 is 53.6 Å². The number of phenolic OH excluding ortho intramolecular Hbond substituents is 2. The number of carbonyl (C=O) groups is 3. The Kier molecular flexibility index (Phi) is 7.08. The predicted octanol–water partition coefficient (Wildman–Crippen LogP) is 2.21. The number of esters is 1. The Morgan fingerprint density at radius 2 is 1.76 bits per heavy atom. The van der Waals surface area contributed by atoms with Crippen LogP contribution in [0.2, 0.25) is 0 Å². The number of aromatic hydroxyl groups is 2. The van der Waals surface area contributed by atoms with Crippen LogP contribution in [-0.4, -0.2) is 52.3 Å². The highest BCUT2D eigenvalue weighted by Crippen LogP contribution is 2.40. The molecular weight excluding hydrogens is 454 g/mol. The molecule has 2 aromatic rings. The van der Waals surface area contributed by atoms with Crippen LogP contribution in [0.4, 0.5) is 0 Å². The van der Waals surface area contributed by atoms with Crippen molar-refractivity contribution in [2.75, 3.05) is 0 Å². The van der Waals surface area contributed by atoms with Crippen molar-refractivity contribution in [3.05, 3.63) is 58.1 Å². The van der Waals surface area contributed by atoms with Gasteiger partial charge in [0.1, 0.15) is 17.6 Å². The van der Waals surface area contributed by atoms with E-state index in [0.29, 0.717) is 0 Å². The Bertz CT molecular complexity index is 1110. The smallest absolute Gasteiger partial charge is 0.303 e. The second-order valence-corrected chi connectivity index (χ2v) is 7.91. The zero-order valence-corrected chi connectivity index (χ0v) is 18.8. The van der Waals surface area contributed by atoms with E-state index in [1.165, 1.54) is 25.1 Å². The highest BCUT2D eigenvalue weighted by atomic mass is 35.5. The first-order valence-electron chi connectivity index (χ1n) is 10.1. The Labute approximate surface area is 195 Å². The molecule has 33 heavy (non-hydrogen) atoms. The number of phenols is 2. The van der Waals surface area contributed by atoms with Crippen LogP contribution in [0.1, 0.15) is 57.7 Å². The molecule has 0 radical (unpaired) electrons. The number of carbonyl (C=O) groups excluding carboxylic acids is 3. The Morgan fingerprint density at radius 1 is 1.15 bits per heavy atom. The second-order valence-electron chi connectivity index (χ2n) is 7.91. The van der Waals surface area contributed by atoms with Crippen molar-refractivity contribution >= 4 is 29.9 Å². The van der Waals surface area contributed by atoms with Gasteiger partial charge in [-0.05, 0) is 13.0 Å². The quantitative estimate of drug-likeness (QED) is 0.380. The number of ketones is 2. The summed E-state index contributed by atoms with van der Waals surface area (Å²) in [6, 6.07) is 6.91. The number of fused-ring (bicyclic) bond motifs is 2. The number of rotatable bonds is 4. The van der Waals surface area contributed by atoms with E-state index in [1.807, 2.05) is 0 Å². The van der Waals surface area contributed by atoms with Crippen LogP contribution in [0.15, 0.2) is 30.3 Å². The van der Waals surface area contributed by atoms with E-state index in [1.54, 1.807) is 19.1 Å². The minimum atomic E-state index is -0.762. The molecule has 2 aliphatic rings. The first kappa shape index (κ1) is 24.7. The summed E-state index contributed by atoms with van der Waals surface area (Å²) in [5.74, 6) is -2.41. The highest BCUT2D eigenvalue weighted by molar-refractivity contribution is 6.30. The Hall–Kier alpha value is -2.98. The lowest BCUT2D eigenvalue weighted by Crippen LogP contribution is -2.53. The van der Waals surface area contributed by atoms with E-state index in [9.17, 15) is 24.6 Å². The lowest BCUT2D eigenvalue weighted by Gasteiger charge is -2.38. The van der Waals surface area contributed by atoms with E-state index in [-0.39, 0.29) is 53.3 Å². The van der Waals surface area contributed by atoms with Crippen molar-refractivity contribution < 1.29 is 38.8 Å². The number of benzene rings is 2. The van der Waals surface area contributed by atoms with Crippen molar-refractivity contribution in [2.24, 2.45) is 5.73 Å². The molecule has 4 rings (SSSR count). The summed E-state index contributed by atoms with van der Waals surface area (Å²) in [5, 5.41) is 21.2. The average molecular weight is 478 g/mol. The molecule has 9 nitrogen and oxygen atoms in total. The van der Waals surface area contributed by atoms with Gasteiger partial charge < -0.3 is 30.2 Å². The minimum absolute atomic E-state index is 0. The third-order valence-corrected chi connectivity index (χ3v) is 5.67. The van der Waals surface area contributed by atoms with Crippen molar-refractivity contribution in [3.8, 4) is 11.5 Å². The van der Waals surface area contributed by atoms with E-state index >= 15 is 0 Å². The third-order valence-electron chi connectivity index (χ3n) is 5.67. The van der Waals surface area contributed by atoms with Crippen LogP contribution in [0.5, 0.6) is 11.5 Å². The molecule has 4 atom stereocenters. The van der Waals surface area contributed by atoms with Crippen molar-refractivity contribution in [3.63, 3.8) is 0 Å². The summed E-state index contributed by atoms with van der Waals surface area (Å²) in [6.45, 7) is 2.78. The van der Waals surface area contributed by atoms with Crippen molar-refractivity contribution in [2.45, 2.75) is 51.4 Å². The average Bonchev–Trinajstić information content (AvgIpc) is 2.74. The van der Waals surface area contributed by atoms with Crippen LogP contribution in [0, 0.1) is 0 Å². The van der Waals surface area contributed by atoms with E-state index in [0.717, 1.165) is 0 Å². The summed E-state index contributed by atoms with van der Waals surface area (Å²) < 4.78 is 16.6. The summed E-state index contributed by atoms with van der Waals surface area (Å²) in [7, 11) is 0. The normalized spacial score (nSPS) is 23.8. The number of ether oxygens (including phenoxy) is 3. The van der Waals surface area contributed by atoms with Gasteiger partial charge >= 0.3 is 5.97 Å². The molecule has 2 aromatic carbocycles. The molecule has 1 fully saturated rings. The lowest BCUT2D eigenvalue weighted by atomic mass is 9.82. The summed E-state index contributed by atoms with van der Waals surface area (Å²) in [4.78, 5) is 37.0. The summed E-state index contributed by atoms with van der Waals surface area (Å²) >= 11 is 0. The van der Waals surface area contributed by atoms with Gasteiger partial charge in [-0.3, -0.25) is 14.4 Å². The zero-order valence-electron chi connectivity index (χ0n) is 17.9. The lowest BCUT2D eigenvalue weighted by molar-refractivity contribution is -0.233. The molecule has 1 heterocycles. The minimum Gasteiger partial charge on any atom is -0.507 e. The van der Waals surface area contributed by atoms with Gasteiger partial charge in [-0.25, -0.2) is 0 Å². The molecule has 1 aliphatic carbocycles. The van der Waals surface area contributed by atoms with Gasteiger partial charge in [-0.2, -0.15) is 0 Å². The van der Waals surface area contributed by atoms with Gasteiger partial charge in [0.15, 0.2) is 17.9 Å². The van der Waals surface area contributed by atoms with E-state index in [4.69, 9.17) is 19.9 Å². The molecule has 4 N–H and O–H groups in total. The number of hydrogen-bond acceptors (Lipinski definition) is 9. The molecule has 0 bridgehead atoms. The van der Waals surface area contributed by atoms with Crippen LogP contribution in [0.25, 0.3) is 0 Å². The van der Waals surface area contributed by atoms with Gasteiger partial charge in [0.2, 0.25) is 0 Å². The molecule has 0 unspecified atom stereocenters. The van der Waals surface area contributed by atoms with Crippen LogP contribution < -0.4 is 5.73 Å². The fourth-order valence-electron chi connectivity index (χ4n) is 4.16. The monoisotopic (exact) mass is 477 g/mol. The predicted molar refractivity (Wildman–Crippen MR) is 118 cm³/mol. The van der Waals surface area contributed by atoms with Crippen LogP contribution >= 0.6 is 12.4 Å². The molecule has 0 amide bonds. The summed E-state index contributed by atoms with van der Waals surface area (Å²) in [5.41, 5.74) is 6.05. The van der Waals surface area contributed by atoms with Gasteiger partial charge in [0.25, 0.3) is 0 Å². The second kappa shape index (κ2) is 9.48. The Morgan fingerprint density at radius 3 is 2.33 bits per heavy atom. The molecule has 1 saturated heterocycles. The Balaban J connectivity index is 0.00000306. The summed E-state index contributed by atoms with van der Waals surface area (Å²) in [6.07, 6.45) is -1.67. The first-order valence-corrected chi connectivity index (χ1v) is 10.1. The fourth-order valence-corrected chi connectivity index (χ4v) is 4.16. The maximum Gasteiger partial charge on any atom is 0.303 e. The van der Waals surface area contributed by atoms with Crippen molar-refractivity contribution in [1.82, 2.24) is 0 Å². The molecule has 0 spiro atoms. The zero-order chi connectivity index (χ0) is 23.2. The van der Waals surface area contributed by atoms with Crippen LogP contribution in [-0.2, 0) is 25.6 Å². The fraction of sp³-hybridized carbons (Fsp3) is 0.348. The van der Waals surface area contributed by atoms with Gasteiger partial charge in [-0.1, -0.05) is 24.3 Å². The first-order chi connectivity index (χ1) is 15.2. The highest BCUT2D eigenvalue weighted by Gasteiger charge is 2.38. The maximum atomic E-state index is 12.9. The van der Waals surface area contributed by atoms with Crippen LogP contribution in [0.3, 0.4) is 0 Å². The molecule has 10 heteroatoms. The SMILES string of the molecule is CC(=O)O[C@@H]1[C@H](C)O[C@@H](OCc2cc(O)c3c(c2O)C(=O)c2ccccc2C3=O)C[C@@H]1N.Cl. The molecule has 0 aromatic heterocycles. The standard InChI is InChI=1S/C23H23NO8.ClH/c1-10-23(32-11(2)25)15(24)8-17(31-10)30-9-12-7-16(26)18-19(20(12)27)22(29)14-6-4-3-5-13(14)21(18)28;/h3-7,10,15,17,23,26-27H,8-9,24H2,1-2H3;1H/t10-,15-,17+,23+;/m0./s1. The molecule has 1 aliphatic heterocycles. The molecule has 0 saturated carbocycles. The third kappa shape index (κ3) is 4.45. The van der Waals surface area contributed by atoms with E-state index in [2.05, 4.69) is 0 Å². The number of halogens is 1. The maximum absolute atomic E-state index is 12.9. The molecule has 176 valence electrons. The topological polar surface area (TPSA) is 145 Å². The largest absolute Gasteiger partial charge is 0.507 e. The van der Waals surface area contributed by atoms with Crippen molar-refractivity contribution in [1.29, 1.82) is 0 Å². The number of hydrogen-bond donors (Lipinski definition) is 3. The molecular formula is C23H24ClNO8. The van der Waals surface area contributed by atoms with Gasteiger partial charge in [0, 0.05) is 36.1 Å². The van der Waals surface area contributed by atoms with Gasteiger partial charge in [-0.15, -0.1) is 12.4 Å².